The second-order valence-electron chi connectivity index (χ2n) is 4.13. The average molecular weight is 239 g/mol. The largest absolute Gasteiger partial charge is 0.349 e. The minimum atomic E-state index is -0.337. The van der Waals surface area contributed by atoms with Gasteiger partial charge in [-0.2, -0.15) is 0 Å². The Morgan fingerprint density at radius 2 is 2.62 bits per heavy atom. The van der Waals surface area contributed by atoms with Gasteiger partial charge in [0.05, 0.1) is 23.3 Å². The summed E-state index contributed by atoms with van der Waals surface area (Å²) >= 11 is 1.55. The van der Waals surface area contributed by atoms with Crippen molar-refractivity contribution in [2.75, 3.05) is 6.54 Å². The number of nitrogens with zero attached hydrogens (tertiary/aromatic N) is 1. The number of aromatic nitrogens is 1. The van der Waals surface area contributed by atoms with Gasteiger partial charge in [0.1, 0.15) is 0 Å². The molecule has 88 valence electrons. The molecule has 0 aliphatic carbocycles. The number of carbonyl (C=O) groups excluding carboxylic acids is 1. The molecule has 0 saturated carbocycles. The van der Waals surface area contributed by atoms with E-state index in [2.05, 4.69) is 22.5 Å². The van der Waals surface area contributed by atoms with Gasteiger partial charge in [-0.25, -0.2) is 4.98 Å². The number of thiazole rings is 1. The van der Waals surface area contributed by atoms with E-state index in [9.17, 15) is 4.79 Å². The van der Waals surface area contributed by atoms with Crippen LogP contribution in [0.3, 0.4) is 0 Å². The van der Waals surface area contributed by atoms with Crippen LogP contribution in [0.1, 0.15) is 31.9 Å². The number of amides is 1. The SMILES string of the molecule is CCC1(C(=O)NCc2cscn2)CCCN1. The Hall–Kier alpha value is -0.940. The molecule has 2 heterocycles. The average Bonchev–Trinajstić information content (AvgIpc) is 2.97. The van der Waals surface area contributed by atoms with Crippen LogP contribution in [-0.4, -0.2) is 23.0 Å². The molecular weight excluding hydrogens is 222 g/mol. The molecule has 1 saturated heterocycles. The highest BCUT2D eigenvalue weighted by molar-refractivity contribution is 7.07. The van der Waals surface area contributed by atoms with Crippen molar-refractivity contribution in [3.8, 4) is 0 Å². The van der Waals surface area contributed by atoms with Crippen LogP contribution in [0.15, 0.2) is 10.9 Å². The zero-order valence-corrected chi connectivity index (χ0v) is 10.3. The van der Waals surface area contributed by atoms with E-state index in [1.807, 2.05) is 5.38 Å². The minimum absolute atomic E-state index is 0.112. The standard InChI is InChI=1S/C11H17N3OS/c1-2-11(4-3-5-14-11)10(15)12-6-9-7-16-8-13-9/h7-8,14H,2-6H2,1H3,(H,12,15). The normalized spacial score (nSPS) is 24.6. The van der Waals surface area contributed by atoms with Gasteiger partial charge >= 0.3 is 0 Å². The van der Waals surface area contributed by atoms with Crippen molar-refractivity contribution in [3.63, 3.8) is 0 Å². The molecule has 0 aromatic carbocycles. The van der Waals surface area contributed by atoms with E-state index in [0.29, 0.717) is 6.54 Å². The van der Waals surface area contributed by atoms with Crippen LogP contribution in [0.25, 0.3) is 0 Å². The Bertz CT molecular complexity index is 344. The molecule has 1 aromatic rings. The van der Waals surface area contributed by atoms with Crippen molar-refractivity contribution < 1.29 is 4.79 Å². The molecular formula is C11H17N3OS. The van der Waals surface area contributed by atoms with E-state index in [1.54, 1.807) is 16.8 Å². The molecule has 1 aliphatic rings. The van der Waals surface area contributed by atoms with Crippen molar-refractivity contribution in [1.82, 2.24) is 15.6 Å². The lowest BCUT2D eigenvalue weighted by Gasteiger charge is -2.26. The highest BCUT2D eigenvalue weighted by atomic mass is 32.1. The van der Waals surface area contributed by atoms with E-state index < -0.39 is 0 Å². The Kier molecular flexibility index (Phi) is 3.56. The molecule has 16 heavy (non-hydrogen) atoms. The van der Waals surface area contributed by atoms with Crippen molar-refractivity contribution >= 4 is 17.2 Å². The Morgan fingerprint density at radius 3 is 3.19 bits per heavy atom. The van der Waals surface area contributed by atoms with E-state index in [1.165, 1.54) is 0 Å². The maximum absolute atomic E-state index is 12.1. The van der Waals surface area contributed by atoms with Gasteiger partial charge in [0, 0.05) is 5.38 Å². The van der Waals surface area contributed by atoms with Gasteiger partial charge in [-0.05, 0) is 25.8 Å². The summed E-state index contributed by atoms with van der Waals surface area (Å²) in [5, 5.41) is 8.24. The number of hydrogen-bond acceptors (Lipinski definition) is 4. The first-order valence-electron chi connectivity index (χ1n) is 5.67. The Balaban J connectivity index is 1.91. The van der Waals surface area contributed by atoms with Crippen LogP contribution in [0, 0.1) is 0 Å². The van der Waals surface area contributed by atoms with Crippen LogP contribution in [0.2, 0.25) is 0 Å². The summed E-state index contributed by atoms with van der Waals surface area (Å²) in [6.45, 7) is 3.53. The third-order valence-corrected chi connectivity index (χ3v) is 3.83. The molecule has 0 spiro atoms. The minimum Gasteiger partial charge on any atom is -0.349 e. The lowest BCUT2D eigenvalue weighted by Crippen LogP contribution is -2.52. The molecule has 5 heteroatoms. The fourth-order valence-corrected chi connectivity index (χ4v) is 2.69. The molecule has 1 amide bonds. The highest BCUT2D eigenvalue weighted by Gasteiger charge is 2.38. The summed E-state index contributed by atoms with van der Waals surface area (Å²) in [5.74, 6) is 0.112. The predicted octanol–water partition coefficient (Wildman–Crippen LogP) is 1.29. The number of nitrogens with one attached hydrogen (secondary N) is 2. The molecule has 0 bridgehead atoms. The van der Waals surface area contributed by atoms with Gasteiger partial charge in [-0.3, -0.25) is 4.79 Å². The van der Waals surface area contributed by atoms with Crippen LogP contribution >= 0.6 is 11.3 Å². The molecule has 2 N–H and O–H groups in total. The van der Waals surface area contributed by atoms with E-state index in [4.69, 9.17) is 0 Å². The maximum Gasteiger partial charge on any atom is 0.240 e. The fraction of sp³-hybridized carbons (Fsp3) is 0.636. The zero-order valence-electron chi connectivity index (χ0n) is 9.45. The summed E-state index contributed by atoms with van der Waals surface area (Å²) in [5.41, 5.74) is 2.38. The van der Waals surface area contributed by atoms with Gasteiger partial charge in [0.25, 0.3) is 0 Å². The first kappa shape index (κ1) is 11.5. The monoisotopic (exact) mass is 239 g/mol. The lowest BCUT2D eigenvalue weighted by molar-refractivity contribution is -0.127. The third-order valence-electron chi connectivity index (χ3n) is 3.20. The Morgan fingerprint density at radius 1 is 1.75 bits per heavy atom. The van der Waals surface area contributed by atoms with Crippen molar-refractivity contribution in [3.05, 3.63) is 16.6 Å². The topological polar surface area (TPSA) is 54.0 Å². The van der Waals surface area contributed by atoms with Crippen LogP contribution in [0.5, 0.6) is 0 Å². The third kappa shape index (κ3) is 2.25. The van der Waals surface area contributed by atoms with Crippen LogP contribution < -0.4 is 10.6 Å². The first-order chi connectivity index (χ1) is 7.77. The zero-order chi connectivity index (χ0) is 11.4. The van der Waals surface area contributed by atoms with Gasteiger partial charge in [0.15, 0.2) is 0 Å². The maximum atomic E-state index is 12.1. The molecule has 1 fully saturated rings. The smallest absolute Gasteiger partial charge is 0.240 e. The van der Waals surface area contributed by atoms with E-state index in [-0.39, 0.29) is 11.4 Å². The van der Waals surface area contributed by atoms with Crippen molar-refractivity contribution in [1.29, 1.82) is 0 Å². The van der Waals surface area contributed by atoms with Crippen LogP contribution in [-0.2, 0) is 11.3 Å². The predicted molar refractivity (Wildman–Crippen MR) is 64.2 cm³/mol. The van der Waals surface area contributed by atoms with Gasteiger partial charge in [-0.15, -0.1) is 11.3 Å². The second-order valence-corrected chi connectivity index (χ2v) is 4.85. The van der Waals surface area contributed by atoms with Crippen molar-refractivity contribution in [2.45, 2.75) is 38.3 Å². The second kappa shape index (κ2) is 4.93. The summed E-state index contributed by atoms with van der Waals surface area (Å²) in [7, 11) is 0. The number of hydrogen-bond donors (Lipinski definition) is 2. The summed E-state index contributed by atoms with van der Waals surface area (Å²) in [6.07, 6.45) is 2.86. The summed E-state index contributed by atoms with van der Waals surface area (Å²) in [6, 6.07) is 0. The molecule has 2 rings (SSSR count). The van der Waals surface area contributed by atoms with Gasteiger partial charge in [0.2, 0.25) is 5.91 Å². The number of carbonyl (C=O) groups is 1. The molecule has 1 unspecified atom stereocenters. The quantitative estimate of drug-likeness (QED) is 0.832. The summed E-state index contributed by atoms with van der Waals surface area (Å²) < 4.78 is 0. The summed E-state index contributed by atoms with van der Waals surface area (Å²) in [4.78, 5) is 16.2. The first-order valence-corrected chi connectivity index (χ1v) is 6.61. The highest BCUT2D eigenvalue weighted by Crippen LogP contribution is 2.23. The molecule has 4 nitrogen and oxygen atoms in total. The van der Waals surface area contributed by atoms with Crippen LogP contribution in [0.4, 0.5) is 0 Å². The molecule has 1 aromatic heterocycles. The van der Waals surface area contributed by atoms with E-state index in [0.717, 1.165) is 31.5 Å². The molecule has 0 radical (unpaired) electrons. The molecule has 1 atom stereocenters. The van der Waals surface area contributed by atoms with Gasteiger partial charge in [-0.1, -0.05) is 6.92 Å². The van der Waals surface area contributed by atoms with Crippen molar-refractivity contribution in [2.24, 2.45) is 0 Å². The fourth-order valence-electron chi connectivity index (χ4n) is 2.13. The molecule has 1 aliphatic heterocycles. The number of rotatable bonds is 4. The van der Waals surface area contributed by atoms with Gasteiger partial charge < -0.3 is 10.6 Å². The van der Waals surface area contributed by atoms with E-state index >= 15 is 0 Å². The lowest BCUT2D eigenvalue weighted by atomic mass is 9.93. The Labute approximate surface area is 99.5 Å².